The normalized spacial score (nSPS) is 15.6. The number of nitrogens with one attached hydrogen (secondary N) is 1. The number of anilines is 1. The van der Waals surface area contributed by atoms with Crippen molar-refractivity contribution in [1.82, 2.24) is 4.90 Å². The summed E-state index contributed by atoms with van der Waals surface area (Å²) in [5, 5.41) is 11.8. The van der Waals surface area contributed by atoms with Gasteiger partial charge < -0.3 is 20.1 Å². The minimum Gasteiger partial charge on any atom is -0.478 e. The molecule has 0 aliphatic carbocycles. The van der Waals surface area contributed by atoms with E-state index in [0.717, 1.165) is 12.0 Å². The number of benzene rings is 1. The Morgan fingerprint density at radius 3 is 2.85 bits per heavy atom. The summed E-state index contributed by atoms with van der Waals surface area (Å²) in [5.74, 6) is -1.05. The van der Waals surface area contributed by atoms with Crippen LogP contribution in [0, 0.1) is 6.92 Å². The van der Waals surface area contributed by atoms with E-state index in [2.05, 4.69) is 5.32 Å². The molecule has 108 valence electrons. The molecule has 1 aliphatic heterocycles. The molecule has 0 saturated carbocycles. The first-order valence-corrected chi connectivity index (χ1v) is 6.55. The minimum atomic E-state index is -1.05. The zero-order chi connectivity index (χ0) is 14.5. The highest BCUT2D eigenvalue weighted by molar-refractivity contribution is 6.00. The van der Waals surface area contributed by atoms with Crippen molar-refractivity contribution in [3.8, 4) is 0 Å². The van der Waals surface area contributed by atoms with Crippen molar-refractivity contribution in [2.24, 2.45) is 0 Å². The Labute approximate surface area is 117 Å². The number of urea groups is 1. The van der Waals surface area contributed by atoms with E-state index < -0.39 is 5.97 Å². The van der Waals surface area contributed by atoms with E-state index in [1.165, 1.54) is 0 Å². The maximum absolute atomic E-state index is 12.1. The second-order valence-electron chi connectivity index (χ2n) is 4.74. The van der Waals surface area contributed by atoms with E-state index in [1.54, 1.807) is 23.1 Å². The molecule has 1 aromatic carbocycles. The zero-order valence-corrected chi connectivity index (χ0v) is 11.4. The molecule has 0 atom stereocenters. The first-order chi connectivity index (χ1) is 9.58. The number of carboxylic acids is 1. The minimum absolute atomic E-state index is 0.101. The Bertz CT molecular complexity index is 508. The number of hydrogen-bond donors (Lipinski definition) is 2. The number of ether oxygens (including phenoxy) is 1. The van der Waals surface area contributed by atoms with Crippen LogP contribution in [0.2, 0.25) is 0 Å². The molecule has 1 fully saturated rings. The fraction of sp³-hybridized carbons (Fsp3) is 0.429. The van der Waals surface area contributed by atoms with Crippen LogP contribution in [0.25, 0.3) is 0 Å². The summed E-state index contributed by atoms with van der Waals surface area (Å²) < 4.78 is 5.29. The third-order valence-corrected chi connectivity index (χ3v) is 3.16. The average Bonchev–Trinajstić information content (AvgIpc) is 2.69. The van der Waals surface area contributed by atoms with Gasteiger partial charge in [-0.05, 0) is 25.5 Å². The first-order valence-electron chi connectivity index (χ1n) is 6.55. The maximum Gasteiger partial charge on any atom is 0.337 e. The molecule has 6 nitrogen and oxygen atoms in total. The molecule has 0 radical (unpaired) electrons. The summed E-state index contributed by atoms with van der Waals surface area (Å²) in [6, 6.07) is 4.64. The number of carbonyl (C=O) groups is 2. The smallest absolute Gasteiger partial charge is 0.337 e. The van der Waals surface area contributed by atoms with E-state index in [4.69, 9.17) is 4.74 Å². The van der Waals surface area contributed by atoms with E-state index in [0.29, 0.717) is 32.0 Å². The SMILES string of the molecule is Cc1ccc(NC(=O)N2CCCOCC2)c(C(=O)O)c1. The van der Waals surface area contributed by atoms with Gasteiger partial charge >= 0.3 is 12.0 Å². The van der Waals surface area contributed by atoms with Crippen molar-refractivity contribution in [1.29, 1.82) is 0 Å². The fourth-order valence-corrected chi connectivity index (χ4v) is 2.09. The van der Waals surface area contributed by atoms with Gasteiger partial charge in [0, 0.05) is 19.7 Å². The monoisotopic (exact) mass is 278 g/mol. The van der Waals surface area contributed by atoms with E-state index in [-0.39, 0.29) is 11.6 Å². The summed E-state index contributed by atoms with van der Waals surface area (Å²) in [5.41, 5.74) is 1.26. The summed E-state index contributed by atoms with van der Waals surface area (Å²) in [6.07, 6.45) is 0.785. The Morgan fingerprint density at radius 2 is 2.10 bits per heavy atom. The number of aryl methyl sites for hydroxylation is 1. The summed E-state index contributed by atoms with van der Waals surface area (Å²) in [7, 11) is 0. The molecule has 1 heterocycles. The Balaban J connectivity index is 2.12. The van der Waals surface area contributed by atoms with Crippen molar-refractivity contribution in [3.63, 3.8) is 0 Å². The standard InChI is InChI=1S/C14H18N2O4/c1-10-3-4-12(11(9-10)13(17)18)15-14(19)16-5-2-7-20-8-6-16/h3-4,9H,2,5-8H2,1H3,(H,15,19)(H,17,18). The van der Waals surface area contributed by atoms with Crippen LogP contribution in [0.1, 0.15) is 22.3 Å². The molecule has 0 aromatic heterocycles. The van der Waals surface area contributed by atoms with Gasteiger partial charge in [0.25, 0.3) is 0 Å². The zero-order valence-electron chi connectivity index (χ0n) is 11.4. The van der Waals surface area contributed by atoms with E-state index in [9.17, 15) is 14.7 Å². The molecule has 1 saturated heterocycles. The van der Waals surface area contributed by atoms with Gasteiger partial charge in [0.15, 0.2) is 0 Å². The molecular formula is C14H18N2O4. The molecule has 1 aromatic rings. The van der Waals surface area contributed by atoms with Gasteiger partial charge in [0.1, 0.15) is 0 Å². The van der Waals surface area contributed by atoms with Gasteiger partial charge in [0.2, 0.25) is 0 Å². The van der Waals surface area contributed by atoms with Crippen LogP contribution in [-0.4, -0.2) is 48.3 Å². The van der Waals surface area contributed by atoms with Crippen molar-refractivity contribution in [2.45, 2.75) is 13.3 Å². The largest absolute Gasteiger partial charge is 0.478 e. The Morgan fingerprint density at radius 1 is 1.30 bits per heavy atom. The Kier molecular flexibility index (Phi) is 4.57. The van der Waals surface area contributed by atoms with Crippen LogP contribution in [0.5, 0.6) is 0 Å². The maximum atomic E-state index is 12.1. The van der Waals surface area contributed by atoms with Gasteiger partial charge in [-0.2, -0.15) is 0 Å². The van der Waals surface area contributed by atoms with Crippen LogP contribution in [-0.2, 0) is 4.74 Å². The molecule has 0 bridgehead atoms. The van der Waals surface area contributed by atoms with Crippen LogP contribution in [0.3, 0.4) is 0 Å². The number of rotatable bonds is 2. The predicted molar refractivity (Wildman–Crippen MR) is 74.2 cm³/mol. The van der Waals surface area contributed by atoms with Crippen molar-refractivity contribution < 1.29 is 19.4 Å². The van der Waals surface area contributed by atoms with Gasteiger partial charge in [0.05, 0.1) is 17.9 Å². The van der Waals surface area contributed by atoms with Crippen molar-refractivity contribution in [2.75, 3.05) is 31.6 Å². The summed E-state index contributed by atoms with van der Waals surface area (Å²) in [6.45, 7) is 4.09. The van der Waals surface area contributed by atoms with Crippen LogP contribution in [0.4, 0.5) is 10.5 Å². The first kappa shape index (κ1) is 14.3. The summed E-state index contributed by atoms with van der Waals surface area (Å²) >= 11 is 0. The van der Waals surface area contributed by atoms with Gasteiger partial charge in [-0.15, -0.1) is 0 Å². The second kappa shape index (κ2) is 6.38. The highest BCUT2D eigenvalue weighted by Crippen LogP contribution is 2.18. The third kappa shape index (κ3) is 3.48. The van der Waals surface area contributed by atoms with Gasteiger partial charge in [-0.25, -0.2) is 9.59 Å². The molecule has 1 aliphatic rings. The molecule has 0 spiro atoms. The highest BCUT2D eigenvalue weighted by Gasteiger charge is 2.18. The average molecular weight is 278 g/mol. The van der Waals surface area contributed by atoms with E-state index in [1.807, 2.05) is 6.92 Å². The molecule has 6 heteroatoms. The molecular weight excluding hydrogens is 260 g/mol. The van der Waals surface area contributed by atoms with Crippen LogP contribution in [0.15, 0.2) is 18.2 Å². The molecule has 2 N–H and O–H groups in total. The predicted octanol–water partition coefficient (Wildman–Crippen LogP) is 1.95. The molecule has 0 unspecified atom stereocenters. The molecule has 2 amide bonds. The lowest BCUT2D eigenvalue weighted by atomic mass is 10.1. The summed E-state index contributed by atoms with van der Waals surface area (Å²) in [4.78, 5) is 25.0. The van der Waals surface area contributed by atoms with Crippen LogP contribution < -0.4 is 5.32 Å². The van der Waals surface area contributed by atoms with Crippen LogP contribution >= 0.6 is 0 Å². The van der Waals surface area contributed by atoms with E-state index >= 15 is 0 Å². The van der Waals surface area contributed by atoms with Gasteiger partial charge in [-0.1, -0.05) is 11.6 Å². The number of aromatic carboxylic acids is 1. The molecule has 20 heavy (non-hydrogen) atoms. The Hall–Kier alpha value is -2.08. The van der Waals surface area contributed by atoms with Crippen molar-refractivity contribution in [3.05, 3.63) is 29.3 Å². The lowest BCUT2D eigenvalue weighted by Crippen LogP contribution is -2.37. The second-order valence-corrected chi connectivity index (χ2v) is 4.74. The number of carboxylic acid groups (broad SMARTS) is 1. The quantitative estimate of drug-likeness (QED) is 0.866. The number of nitrogens with zero attached hydrogens (tertiary/aromatic N) is 1. The molecule has 2 rings (SSSR count). The topological polar surface area (TPSA) is 78.9 Å². The van der Waals surface area contributed by atoms with Crippen molar-refractivity contribution >= 4 is 17.7 Å². The lowest BCUT2D eigenvalue weighted by Gasteiger charge is -2.20. The third-order valence-electron chi connectivity index (χ3n) is 3.16. The lowest BCUT2D eigenvalue weighted by molar-refractivity contribution is 0.0698. The number of amides is 2. The number of hydrogen-bond acceptors (Lipinski definition) is 3. The fourth-order valence-electron chi connectivity index (χ4n) is 2.09. The highest BCUT2D eigenvalue weighted by atomic mass is 16.5. The number of carbonyl (C=O) groups excluding carboxylic acids is 1. The van der Waals surface area contributed by atoms with Gasteiger partial charge in [-0.3, -0.25) is 0 Å².